The van der Waals surface area contributed by atoms with E-state index in [0.29, 0.717) is 36.0 Å². The van der Waals surface area contributed by atoms with Crippen LogP contribution in [0.3, 0.4) is 0 Å². The van der Waals surface area contributed by atoms with E-state index in [4.69, 9.17) is 62.7 Å². The van der Waals surface area contributed by atoms with E-state index in [-0.39, 0.29) is 62.2 Å². The van der Waals surface area contributed by atoms with Crippen LogP contribution in [0.15, 0.2) is 124 Å². The molecule has 15 nitrogen and oxygen atoms in total. The lowest BCUT2D eigenvalue weighted by Gasteiger charge is -2.16. The maximum atomic E-state index is 13.5. The zero-order valence-electron chi connectivity index (χ0n) is 35.2. The van der Waals surface area contributed by atoms with Crippen molar-refractivity contribution in [1.82, 2.24) is 0 Å². The van der Waals surface area contributed by atoms with Crippen molar-refractivity contribution in [3.63, 3.8) is 0 Å². The first kappa shape index (κ1) is 50.8. The molecule has 5 rings (SSSR count). The van der Waals surface area contributed by atoms with Gasteiger partial charge in [-0.05, 0) is 111 Å². The molecule has 0 aliphatic rings. The van der Waals surface area contributed by atoms with Crippen molar-refractivity contribution in [2.75, 3.05) is 45.5 Å². The standard InChI is InChI=1S/C46H41Cl5N8O7/c1-26(60)41(58-56-38-23-30(9-12-35(38)50)43(62)52-32-7-3-5-28(21-32)15-17-47)45(64)54-34-11-14-37(40(25-34)66-20-19-49)55-46(65)42(27(2)61)59-57-39-24-31(10-13-36(39)51)44(63)53-33-8-4-6-29(22-33)16-18-48/h3-14,21-25,41-42H,15-20H2,1-2H3,(H,52,62)(H,53,63)(H,54,64)(H,55,65). The van der Waals surface area contributed by atoms with Gasteiger partial charge in [0, 0.05) is 46.0 Å². The molecule has 20 heteroatoms. The Kier molecular flexibility index (Phi) is 19.1. The Morgan fingerprint density at radius 2 is 1.02 bits per heavy atom. The number of ketones is 2. The smallest absolute Gasteiger partial charge is 0.258 e. The van der Waals surface area contributed by atoms with Crippen LogP contribution in [0.4, 0.5) is 34.1 Å². The van der Waals surface area contributed by atoms with E-state index < -0.39 is 47.3 Å². The van der Waals surface area contributed by atoms with Crippen LogP contribution < -0.4 is 26.0 Å². The van der Waals surface area contributed by atoms with Crippen molar-refractivity contribution in [2.45, 2.75) is 38.8 Å². The molecule has 342 valence electrons. The quantitative estimate of drug-likeness (QED) is 0.0317. The molecule has 0 spiro atoms. The van der Waals surface area contributed by atoms with Crippen molar-refractivity contribution < 1.29 is 33.5 Å². The van der Waals surface area contributed by atoms with Gasteiger partial charge in [-0.2, -0.15) is 20.5 Å². The van der Waals surface area contributed by atoms with E-state index in [1.54, 1.807) is 36.4 Å². The van der Waals surface area contributed by atoms with Gasteiger partial charge in [0.25, 0.3) is 23.6 Å². The number of alkyl halides is 3. The first-order valence-corrected chi connectivity index (χ1v) is 22.3. The first-order valence-electron chi connectivity index (χ1n) is 20.0. The molecule has 2 unspecified atom stereocenters. The second kappa shape index (κ2) is 24.9. The molecule has 0 fully saturated rings. The Morgan fingerprint density at radius 1 is 0.545 bits per heavy atom. The molecule has 4 N–H and O–H groups in total. The molecule has 4 amide bonds. The Labute approximate surface area is 404 Å². The molecule has 0 bridgehead atoms. The molecular formula is C46H41Cl5N8O7. The predicted octanol–water partition coefficient (Wildman–Crippen LogP) is 11.0. The Morgan fingerprint density at radius 3 is 1.47 bits per heavy atom. The lowest BCUT2D eigenvalue weighted by molar-refractivity contribution is -0.127. The van der Waals surface area contributed by atoms with Gasteiger partial charge in [0.1, 0.15) is 23.7 Å². The van der Waals surface area contributed by atoms with Crippen LogP contribution in [0.25, 0.3) is 0 Å². The number of carbonyl (C=O) groups excluding carboxylic acids is 6. The van der Waals surface area contributed by atoms with Crippen LogP contribution in [0.5, 0.6) is 5.75 Å². The molecule has 5 aromatic rings. The number of nitrogens with zero attached hydrogens (tertiary/aromatic N) is 4. The maximum absolute atomic E-state index is 13.5. The summed E-state index contributed by atoms with van der Waals surface area (Å²) >= 11 is 30.3. The minimum Gasteiger partial charge on any atom is -0.490 e. The van der Waals surface area contributed by atoms with Gasteiger partial charge in [0.15, 0.2) is 11.6 Å². The lowest BCUT2D eigenvalue weighted by atomic mass is 10.1. The fraction of sp³-hybridized carbons (Fsp3) is 0.217. The highest BCUT2D eigenvalue weighted by atomic mass is 35.5. The first-order chi connectivity index (χ1) is 31.7. The Bertz CT molecular complexity index is 2680. The average molecular weight is 995 g/mol. The average Bonchev–Trinajstić information content (AvgIpc) is 3.27. The second-order valence-electron chi connectivity index (χ2n) is 14.2. The molecule has 2 atom stereocenters. The van der Waals surface area contributed by atoms with Crippen LogP contribution in [-0.2, 0) is 32.0 Å². The minimum atomic E-state index is -1.66. The fourth-order valence-electron chi connectivity index (χ4n) is 5.95. The number of hydrogen-bond acceptors (Lipinski definition) is 11. The third-order valence-corrected chi connectivity index (χ3v) is 10.4. The second-order valence-corrected chi connectivity index (χ2v) is 16.2. The van der Waals surface area contributed by atoms with Crippen molar-refractivity contribution in [3.05, 3.63) is 135 Å². The fourth-order valence-corrected chi connectivity index (χ4v) is 6.78. The monoisotopic (exact) mass is 992 g/mol. The molecule has 0 saturated heterocycles. The number of amides is 4. The van der Waals surface area contributed by atoms with Gasteiger partial charge in [-0.1, -0.05) is 47.5 Å². The van der Waals surface area contributed by atoms with Gasteiger partial charge in [0.05, 0.1) is 21.6 Å². The SMILES string of the molecule is CC(=O)C(N=Nc1cc(C(=O)Nc2cccc(CCCl)c2)ccc1Cl)C(=O)Nc1ccc(NC(=O)C(N=Nc2cc(C(=O)Nc3cccc(CCCl)c3)ccc2Cl)C(C)=O)c(OCCCl)c1. The van der Waals surface area contributed by atoms with Crippen molar-refractivity contribution in [2.24, 2.45) is 20.5 Å². The largest absolute Gasteiger partial charge is 0.490 e. The van der Waals surface area contributed by atoms with E-state index in [1.807, 2.05) is 12.1 Å². The number of halogens is 5. The molecule has 0 aliphatic heterocycles. The number of azo groups is 2. The molecule has 0 aromatic heterocycles. The summed E-state index contributed by atoms with van der Waals surface area (Å²) in [6.07, 6.45) is 1.25. The highest BCUT2D eigenvalue weighted by molar-refractivity contribution is 6.33. The number of ether oxygens (including phenoxy) is 1. The van der Waals surface area contributed by atoms with Crippen molar-refractivity contribution in [3.8, 4) is 5.75 Å². The van der Waals surface area contributed by atoms with Gasteiger partial charge in [-0.25, -0.2) is 0 Å². The summed E-state index contributed by atoms with van der Waals surface area (Å²) in [6, 6.07) is 23.8. The summed E-state index contributed by atoms with van der Waals surface area (Å²) in [5.41, 5.74) is 3.61. The van der Waals surface area contributed by atoms with Crippen LogP contribution >= 0.6 is 58.0 Å². The molecule has 0 aliphatic carbocycles. The van der Waals surface area contributed by atoms with Gasteiger partial charge >= 0.3 is 0 Å². The third-order valence-electron chi connectivity index (χ3n) is 9.22. The number of Topliss-reactive ketones (excluding diaryl/α,β-unsaturated/α-hetero) is 2. The number of benzene rings is 5. The van der Waals surface area contributed by atoms with Gasteiger partial charge in [0.2, 0.25) is 12.1 Å². The van der Waals surface area contributed by atoms with Crippen molar-refractivity contribution >= 4 is 127 Å². The van der Waals surface area contributed by atoms with Crippen LogP contribution in [0.2, 0.25) is 10.0 Å². The summed E-state index contributed by atoms with van der Waals surface area (Å²) in [6.45, 7) is 2.27. The lowest BCUT2D eigenvalue weighted by Crippen LogP contribution is -2.32. The number of nitrogens with one attached hydrogen (secondary N) is 4. The van der Waals surface area contributed by atoms with E-state index in [9.17, 15) is 28.8 Å². The van der Waals surface area contributed by atoms with E-state index in [2.05, 4.69) is 41.7 Å². The summed E-state index contributed by atoms with van der Waals surface area (Å²) in [5, 5.41) is 27.0. The number of rotatable bonds is 21. The number of carbonyl (C=O) groups is 6. The van der Waals surface area contributed by atoms with E-state index in [1.165, 1.54) is 54.6 Å². The molecular weight excluding hydrogens is 954 g/mol. The highest BCUT2D eigenvalue weighted by Gasteiger charge is 2.27. The maximum Gasteiger partial charge on any atom is 0.258 e. The third kappa shape index (κ3) is 14.6. The van der Waals surface area contributed by atoms with Crippen LogP contribution in [0.1, 0.15) is 45.7 Å². The zero-order chi connectivity index (χ0) is 47.8. The zero-order valence-corrected chi connectivity index (χ0v) is 39.0. The van der Waals surface area contributed by atoms with Gasteiger partial charge < -0.3 is 26.0 Å². The normalized spacial score (nSPS) is 12.0. The number of anilines is 4. The van der Waals surface area contributed by atoms with Crippen LogP contribution in [-0.4, -0.2) is 71.5 Å². The van der Waals surface area contributed by atoms with E-state index in [0.717, 1.165) is 25.0 Å². The highest BCUT2D eigenvalue weighted by Crippen LogP contribution is 2.32. The summed E-state index contributed by atoms with van der Waals surface area (Å²) in [5.74, 6) is -3.10. The van der Waals surface area contributed by atoms with Crippen LogP contribution in [0, 0.1) is 0 Å². The summed E-state index contributed by atoms with van der Waals surface area (Å²) in [4.78, 5) is 78.5. The molecule has 0 heterocycles. The van der Waals surface area contributed by atoms with Gasteiger partial charge in [-0.3, -0.25) is 28.8 Å². The van der Waals surface area contributed by atoms with Gasteiger partial charge in [-0.15, -0.1) is 34.8 Å². The molecule has 5 aromatic carbocycles. The van der Waals surface area contributed by atoms with E-state index >= 15 is 0 Å². The summed E-state index contributed by atoms with van der Waals surface area (Å²) in [7, 11) is 0. The molecule has 0 radical (unpaired) electrons. The Hall–Kier alpha value is -6.23. The van der Waals surface area contributed by atoms with Crippen molar-refractivity contribution in [1.29, 1.82) is 0 Å². The number of aryl methyl sites for hydroxylation is 2. The Balaban J connectivity index is 1.28. The molecule has 66 heavy (non-hydrogen) atoms. The molecule has 0 saturated carbocycles. The minimum absolute atomic E-state index is 0.0223. The topological polar surface area (TPSA) is 209 Å². The summed E-state index contributed by atoms with van der Waals surface area (Å²) < 4.78 is 5.74. The number of hydrogen-bond donors (Lipinski definition) is 4. The predicted molar refractivity (Wildman–Crippen MR) is 258 cm³/mol.